The normalized spacial score (nSPS) is 16.4. The summed E-state index contributed by atoms with van der Waals surface area (Å²) in [5.74, 6) is 1.09. The standard InChI is InChI=1S/C28H29N5O/c1-32-18-22-17-21(14-15-24(22)30-28(32)34)19-10-12-20(13-11-19)26-27(29-23-7-3-2-4-8-23)33-16-6-5-9-25(33)31-26/h5-6,9-17,23,29H,2-4,7-8,18H2,1H3,(H,30,34). The molecular weight excluding hydrogens is 422 g/mol. The van der Waals surface area contributed by atoms with E-state index in [1.54, 1.807) is 4.90 Å². The number of hydrogen-bond acceptors (Lipinski definition) is 3. The fraction of sp³-hybridized carbons (Fsp3) is 0.286. The number of rotatable bonds is 4. The van der Waals surface area contributed by atoms with Gasteiger partial charge in [-0.3, -0.25) is 4.40 Å². The summed E-state index contributed by atoms with van der Waals surface area (Å²) in [5.41, 5.74) is 7.38. The Morgan fingerprint density at radius 2 is 1.71 bits per heavy atom. The summed E-state index contributed by atoms with van der Waals surface area (Å²) < 4.78 is 2.17. The smallest absolute Gasteiger partial charge is 0.321 e. The van der Waals surface area contributed by atoms with Gasteiger partial charge in [-0.2, -0.15) is 0 Å². The molecule has 0 atom stereocenters. The number of urea groups is 1. The molecular formula is C28H29N5O. The Balaban J connectivity index is 1.33. The van der Waals surface area contributed by atoms with Gasteiger partial charge in [0.25, 0.3) is 0 Å². The number of amides is 2. The van der Waals surface area contributed by atoms with Crippen molar-refractivity contribution in [3.8, 4) is 22.4 Å². The van der Waals surface area contributed by atoms with Gasteiger partial charge >= 0.3 is 6.03 Å². The molecule has 1 aliphatic heterocycles. The van der Waals surface area contributed by atoms with Crippen LogP contribution in [0.3, 0.4) is 0 Å². The Morgan fingerprint density at radius 3 is 2.53 bits per heavy atom. The molecule has 0 radical (unpaired) electrons. The molecule has 6 rings (SSSR count). The van der Waals surface area contributed by atoms with Gasteiger partial charge in [-0.1, -0.05) is 55.7 Å². The topological polar surface area (TPSA) is 61.7 Å². The highest BCUT2D eigenvalue weighted by molar-refractivity contribution is 5.92. The summed E-state index contributed by atoms with van der Waals surface area (Å²) in [7, 11) is 1.81. The van der Waals surface area contributed by atoms with Crippen molar-refractivity contribution >= 4 is 23.2 Å². The summed E-state index contributed by atoms with van der Waals surface area (Å²) in [6.45, 7) is 0.616. The third-order valence-corrected chi connectivity index (χ3v) is 7.07. The van der Waals surface area contributed by atoms with Crippen molar-refractivity contribution in [1.29, 1.82) is 0 Å². The number of imidazole rings is 1. The SMILES string of the molecule is CN1Cc2cc(-c3ccc(-c4nc5ccccn5c4NC4CCCCC4)cc3)ccc2NC1=O. The Labute approximate surface area is 199 Å². The second-order valence-corrected chi connectivity index (χ2v) is 9.45. The summed E-state index contributed by atoms with van der Waals surface area (Å²) in [5, 5.41) is 6.76. The molecule has 0 saturated heterocycles. The lowest BCUT2D eigenvalue weighted by atomic mass is 9.95. The molecule has 0 unspecified atom stereocenters. The van der Waals surface area contributed by atoms with Gasteiger partial charge in [0.05, 0.1) is 0 Å². The van der Waals surface area contributed by atoms with Crippen molar-refractivity contribution in [2.45, 2.75) is 44.7 Å². The van der Waals surface area contributed by atoms with Crippen molar-refractivity contribution in [1.82, 2.24) is 14.3 Å². The van der Waals surface area contributed by atoms with Gasteiger partial charge in [0.15, 0.2) is 0 Å². The number of fused-ring (bicyclic) bond motifs is 2. The zero-order chi connectivity index (χ0) is 23.1. The number of hydrogen-bond donors (Lipinski definition) is 2. The van der Waals surface area contributed by atoms with Gasteiger partial charge in [-0.05, 0) is 53.8 Å². The average molecular weight is 452 g/mol. The van der Waals surface area contributed by atoms with E-state index in [4.69, 9.17) is 4.98 Å². The molecule has 34 heavy (non-hydrogen) atoms. The molecule has 0 spiro atoms. The van der Waals surface area contributed by atoms with Gasteiger partial charge in [-0.25, -0.2) is 9.78 Å². The van der Waals surface area contributed by atoms with Gasteiger partial charge in [0.2, 0.25) is 0 Å². The van der Waals surface area contributed by atoms with E-state index in [1.807, 2.05) is 19.2 Å². The fourth-order valence-electron chi connectivity index (χ4n) is 5.16. The van der Waals surface area contributed by atoms with Gasteiger partial charge in [-0.15, -0.1) is 0 Å². The molecule has 0 bridgehead atoms. The Morgan fingerprint density at radius 1 is 0.941 bits per heavy atom. The number of carbonyl (C=O) groups excluding carboxylic acids is 1. The Hall–Kier alpha value is -3.80. The molecule has 1 saturated carbocycles. The molecule has 2 amide bonds. The first-order valence-electron chi connectivity index (χ1n) is 12.2. The second-order valence-electron chi connectivity index (χ2n) is 9.45. The zero-order valence-electron chi connectivity index (χ0n) is 19.4. The average Bonchev–Trinajstić information content (AvgIpc) is 3.23. The van der Waals surface area contributed by atoms with Gasteiger partial charge in [0, 0.05) is 37.1 Å². The summed E-state index contributed by atoms with van der Waals surface area (Å²) >= 11 is 0. The van der Waals surface area contributed by atoms with Crippen molar-refractivity contribution in [3.05, 3.63) is 72.4 Å². The van der Waals surface area contributed by atoms with Crippen LogP contribution in [0.4, 0.5) is 16.3 Å². The molecule has 2 aromatic carbocycles. The number of pyridine rings is 1. The maximum atomic E-state index is 11.9. The first-order valence-corrected chi connectivity index (χ1v) is 12.2. The summed E-state index contributed by atoms with van der Waals surface area (Å²) in [6, 6.07) is 21.5. The lowest BCUT2D eigenvalue weighted by molar-refractivity contribution is 0.218. The first kappa shape index (κ1) is 20.8. The van der Waals surface area contributed by atoms with Crippen molar-refractivity contribution < 1.29 is 4.79 Å². The quantitative estimate of drug-likeness (QED) is 0.378. The van der Waals surface area contributed by atoms with Crippen molar-refractivity contribution in [2.24, 2.45) is 0 Å². The maximum Gasteiger partial charge on any atom is 0.321 e. The van der Waals surface area contributed by atoms with Gasteiger partial charge in [0.1, 0.15) is 17.2 Å². The molecule has 4 aromatic rings. The monoisotopic (exact) mass is 451 g/mol. The minimum atomic E-state index is -0.0605. The number of carbonyl (C=O) groups is 1. The molecule has 172 valence electrons. The fourth-order valence-corrected chi connectivity index (χ4v) is 5.16. The van der Waals surface area contributed by atoms with Crippen LogP contribution in [0, 0.1) is 0 Å². The highest BCUT2D eigenvalue weighted by Crippen LogP contribution is 2.34. The maximum absolute atomic E-state index is 11.9. The minimum Gasteiger partial charge on any atom is -0.367 e. The van der Waals surface area contributed by atoms with E-state index < -0.39 is 0 Å². The molecule has 3 heterocycles. The van der Waals surface area contributed by atoms with Crippen LogP contribution in [0.5, 0.6) is 0 Å². The van der Waals surface area contributed by atoms with Crippen LogP contribution in [0.2, 0.25) is 0 Å². The van der Waals surface area contributed by atoms with Crippen LogP contribution in [0.25, 0.3) is 28.0 Å². The Kier molecular flexibility index (Phi) is 5.21. The molecule has 2 N–H and O–H groups in total. The van der Waals surface area contributed by atoms with Crippen LogP contribution in [0.1, 0.15) is 37.7 Å². The van der Waals surface area contributed by atoms with E-state index in [1.165, 1.54) is 32.1 Å². The lowest BCUT2D eigenvalue weighted by Gasteiger charge is -2.26. The van der Waals surface area contributed by atoms with E-state index in [-0.39, 0.29) is 6.03 Å². The molecule has 6 heteroatoms. The third-order valence-electron chi connectivity index (χ3n) is 7.07. The molecule has 2 aliphatic rings. The predicted molar refractivity (Wildman–Crippen MR) is 137 cm³/mol. The van der Waals surface area contributed by atoms with Crippen LogP contribution < -0.4 is 10.6 Å². The number of anilines is 2. The van der Waals surface area contributed by atoms with Crippen LogP contribution in [-0.2, 0) is 6.54 Å². The van der Waals surface area contributed by atoms with Gasteiger partial charge < -0.3 is 15.5 Å². The van der Waals surface area contributed by atoms with E-state index in [9.17, 15) is 4.79 Å². The Bertz CT molecular complexity index is 1350. The number of nitrogens with zero attached hydrogens (tertiary/aromatic N) is 3. The van der Waals surface area contributed by atoms with Crippen LogP contribution in [-0.4, -0.2) is 33.4 Å². The largest absolute Gasteiger partial charge is 0.367 e. The lowest BCUT2D eigenvalue weighted by Crippen LogP contribution is -2.35. The highest BCUT2D eigenvalue weighted by atomic mass is 16.2. The molecule has 6 nitrogen and oxygen atoms in total. The van der Waals surface area contributed by atoms with Crippen LogP contribution >= 0.6 is 0 Å². The molecule has 2 aromatic heterocycles. The van der Waals surface area contributed by atoms with E-state index in [0.29, 0.717) is 12.6 Å². The number of nitrogens with one attached hydrogen (secondary N) is 2. The second kappa shape index (κ2) is 8.52. The zero-order valence-corrected chi connectivity index (χ0v) is 19.4. The predicted octanol–water partition coefficient (Wildman–Crippen LogP) is 6.39. The van der Waals surface area contributed by atoms with E-state index >= 15 is 0 Å². The van der Waals surface area contributed by atoms with Crippen LogP contribution in [0.15, 0.2) is 66.9 Å². The molecule has 1 fully saturated rings. The van der Waals surface area contributed by atoms with Crippen molar-refractivity contribution in [2.75, 3.05) is 17.7 Å². The number of benzene rings is 2. The van der Waals surface area contributed by atoms with Crippen molar-refractivity contribution in [3.63, 3.8) is 0 Å². The molecule has 1 aliphatic carbocycles. The number of aromatic nitrogens is 2. The summed E-state index contributed by atoms with van der Waals surface area (Å²) in [4.78, 5) is 18.6. The minimum absolute atomic E-state index is 0.0605. The van der Waals surface area contributed by atoms with E-state index in [0.717, 1.165) is 45.1 Å². The van der Waals surface area contributed by atoms with E-state index in [2.05, 4.69) is 69.8 Å². The summed E-state index contributed by atoms with van der Waals surface area (Å²) in [6.07, 6.45) is 8.44. The third kappa shape index (κ3) is 3.79. The first-order chi connectivity index (χ1) is 16.7. The highest BCUT2D eigenvalue weighted by Gasteiger charge is 2.21.